The lowest BCUT2D eigenvalue weighted by Gasteiger charge is -2.23. The quantitative estimate of drug-likeness (QED) is 0.414. The van der Waals surface area contributed by atoms with Gasteiger partial charge in [0.15, 0.2) is 0 Å². The third-order valence-corrected chi connectivity index (χ3v) is 7.49. The van der Waals surface area contributed by atoms with Crippen molar-refractivity contribution in [3.63, 3.8) is 0 Å². The second kappa shape index (κ2) is 11.5. The maximum Gasteiger partial charge on any atom is 0.339 e. The van der Waals surface area contributed by atoms with Crippen LogP contribution in [-0.4, -0.2) is 44.8 Å². The first-order valence-corrected chi connectivity index (χ1v) is 12.4. The molecule has 1 amide bonds. The molecule has 1 N–H and O–H groups in total. The van der Waals surface area contributed by atoms with Gasteiger partial charge in [0.05, 0.1) is 29.9 Å². The molecule has 178 valence electrons. The zero-order valence-corrected chi connectivity index (χ0v) is 20.5. The minimum absolute atomic E-state index is 0.00874. The number of carbonyl (C=O) groups excluding carboxylic acids is 2. The van der Waals surface area contributed by atoms with Crippen LogP contribution in [0.2, 0.25) is 10.0 Å². The van der Waals surface area contributed by atoms with Gasteiger partial charge in [0.1, 0.15) is 4.90 Å². The van der Waals surface area contributed by atoms with Crippen LogP contribution in [0.3, 0.4) is 0 Å². The number of methoxy groups -OCH3 is 1. The van der Waals surface area contributed by atoms with E-state index in [1.54, 1.807) is 12.1 Å². The number of anilines is 1. The lowest BCUT2D eigenvalue weighted by Crippen LogP contribution is -2.39. The lowest BCUT2D eigenvalue weighted by molar-refractivity contribution is -0.116. The Bertz CT molecular complexity index is 1280. The van der Waals surface area contributed by atoms with Gasteiger partial charge in [-0.3, -0.25) is 4.79 Å². The van der Waals surface area contributed by atoms with E-state index in [9.17, 15) is 18.0 Å². The van der Waals surface area contributed by atoms with Gasteiger partial charge in [-0.25, -0.2) is 13.2 Å². The monoisotopic (exact) mass is 520 g/mol. The second-order valence-electron chi connectivity index (χ2n) is 7.23. The van der Waals surface area contributed by atoms with Crippen LogP contribution in [0, 0.1) is 0 Å². The second-order valence-corrected chi connectivity index (χ2v) is 9.98. The van der Waals surface area contributed by atoms with E-state index in [-0.39, 0.29) is 32.7 Å². The molecule has 3 rings (SSSR count). The molecule has 0 radical (unpaired) electrons. The number of hydrogen-bond acceptors (Lipinski definition) is 5. The molecule has 0 bridgehead atoms. The Balaban J connectivity index is 1.89. The van der Waals surface area contributed by atoms with Crippen molar-refractivity contribution in [3.8, 4) is 0 Å². The molecule has 0 saturated carbocycles. The number of hydrogen-bond donors (Lipinski definition) is 1. The molecule has 0 unspecified atom stereocenters. The topological polar surface area (TPSA) is 92.8 Å². The number of halogens is 2. The van der Waals surface area contributed by atoms with Crippen LogP contribution in [0.1, 0.15) is 15.9 Å². The average molecular weight is 521 g/mol. The van der Waals surface area contributed by atoms with E-state index in [0.29, 0.717) is 6.42 Å². The van der Waals surface area contributed by atoms with E-state index < -0.39 is 28.4 Å². The van der Waals surface area contributed by atoms with Crippen molar-refractivity contribution in [3.05, 3.63) is 94.0 Å². The minimum Gasteiger partial charge on any atom is -0.465 e. The lowest BCUT2D eigenvalue weighted by atomic mass is 10.1. The minimum atomic E-state index is -4.18. The summed E-state index contributed by atoms with van der Waals surface area (Å²) in [7, 11) is -2.95. The predicted octanol–water partition coefficient (Wildman–Crippen LogP) is 4.65. The summed E-state index contributed by atoms with van der Waals surface area (Å²) in [5, 5.41) is 2.79. The highest BCUT2D eigenvalue weighted by molar-refractivity contribution is 7.89. The van der Waals surface area contributed by atoms with Crippen molar-refractivity contribution in [1.82, 2.24) is 4.31 Å². The smallest absolute Gasteiger partial charge is 0.339 e. The van der Waals surface area contributed by atoms with Crippen molar-refractivity contribution < 1.29 is 22.7 Å². The fraction of sp³-hybridized carbons (Fsp3) is 0.167. The third-order valence-electron chi connectivity index (χ3n) is 4.93. The molecule has 0 atom stereocenters. The molecule has 3 aromatic carbocycles. The van der Waals surface area contributed by atoms with E-state index >= 15 is 0 Å². The van der Waals surface area contributed by atoms with Crippen LogP contribution in [0.5, 0.6) is 0 Å². The Morgan fingerprint density at radius 1 is 0.971 bits per heavy atom. The summed E-state index contributed by atoms with van der Waals surface area (Å²) in [6.07, 6.45) is 0.365. The molecule has 0 saturated heterocycles. The van der Waals surface area contributed by atoms with E-state index in [1.165, 1.54) is 37.4 Å². The maximum absolute atomic E-state index is 13.5. The SMILES string of the molecule is COC(=O)c1ccccc1NC(=O)CN(CCc1ccccc1)S(=O)(=O)c1cc(Cl)ccc1Cl. The van der Waals surface area contributed by atoms with Crippen LogP contribution in [0.25, 0.3) is 0 Å². The number of para-hydroxylation sites is 1. The number of esters is 1. The molecule has 0 aliphatic rings. The number of nitrogens with zero attached hydrogens (tertiary/aromatic N) is 1. The van der Waals surface area contributed by atoms with Gasteiger partial charge >= 0.3 is 5.97 Å². The third kappa shape index (κ3) is 6.36. The van der Waals surface area contributed by atoms with Crippen LogP contribution in [0.15, 0.2) is 77.7 Å². The van der Waals surface area contributed by atoms with E-state index in [4.69, 9.17) is 27.9 Å². The number of nitrogens with one attached hydrogen (secondary N) is 1. The van der Waals surface area contributed by atoms with Gasteiger partial charge in [-0.05, 0) is 42.3 Å². The number of amides is 1. The van der Waals surface area contributed by atoms with Crippen molar-refractivity contribution in [2.45, 2.75) is 11.3 Å². The molecular formula is C24H22Cl2N2O5S. The summed E-state index contributed by atoms with van der Waals surface area (Å²) in [4.78, 5) is 24.7. The first-order valence-electron chi connectivity index (χ1n) is 10.2. The largest absolute Gasteiger partial charge is 0.465 e. The summed E-state index contributed by atoms with van der Waals surface area (Å²) in [6.45, 7) is -0.491. The first kappa shape index (κ1) is 25.7. The summed E-state index contributed by atoms with van der Waals surface area (Å²) in [5.41, 5.74) is 1.26. The highest BCUT2D eigenvalue weighted by Crippen LogP contribution is 2.28. The maximum atomic E-state index is 13.5. The Kier molecular flexibility index (Phi) is 8.68. The first-order chi connectivity index (χ1) is 16.2. The van der Waals surface area contributed by atoms with Crippen LogP contribution in [-0.2, 0) is 26.0 Å². The Morgan fingerprint density at radius 2 is 1.65 bits per heavy atom. The highest BCUT2D eigenvalue weighted by atomic mass is 35.5. The van der Waals surface area contributed by atoms with E-state index in [2.05, 4.69) is 5.32 Å². The van der Waals surface area contributed by atoms with Gasteiger partial charge in [0.25, 0.3) is 0 Å². The molecule has 0 fully saturated rings. The van der Waals surface area contributed by atoms with Gasteiger partial charge in [0.2, 0.25) is 15.9 Å². The fourth-order valence-electron chi connectivity index (χ4n) is 3.23. The molecular weight excluding hydrogens is 499 g/mol. The number of sulfonamides is 1. The number of benzene rings is 3. The Morgan fingerprint density at radius 3 is 2.35 bits per heavy atom. The number of carbonyl (C=O) groups is 2. The van der Waals surface area contributed by atoms with Crippen molar-refractivity contribution in [1.29, 1.82) is 0 Å². The molecule has 0 aromatic heterocycles. The molecule has 7 nitrogen and oxygen atoms in total. The zero-order valence-electron chi connectivity index (χ0n) is 18.2. The predicted molar refractivity (Wildman–Crippen MR) is 132 cm³/mol. The van der Waals surface area contributed by atoms with Crippen LogP contribution < -0.4 is 5.32 Å². The number of rotatable bonds is 9. The van der Waals surface area contributed by atoms with Gasteiger partial charge in [-0.2, -0.15) is 4.31 Å². The van der Waals surface area contributed by atoms with Crippen molar-refractivity contribution in [2.75, 3.05) is 25.5 Å². The summed E-state index contributed by atoms with van der Waals surface area (Å²) in [5.74, 6) is -1.26. The summed E-state index contributed by atoms with van der Waals surface area (Å²) >= 11 is 12.2. The van der Waals surface area contributed by atoms with Crippen LogP contribution >= 0.6 is 23.2 Å². The van der Waals surface area contributed by atoms with Crippen molar-refractivity contribution >= 4 is 50.8 Å². The van der Waals surface area contributed by atoms with E-state index in [1.807, 2.05) is 30.3 Å². The molecule has 0 aliphatic heterocycles. The zero-order chi connectivity index (χ0) is 24.7. The summed E-state index contributed by atoms with van der Waals surface area (Å²) < 4.78 is 32.7. The van der Waals surface area contributed by atoms with Gasteiger partial charge < -0.3 is 10.1 Å². The molecule has 34 heavy (non-hydrogen) atoms. The van der Waals surface area contributed by atoms with Gasteiger partial charge in [-0.15, -0.1) is 0 Å². The Hall–Kier alpha value is -2.91. The normalized spacial score (nSPS) is 11.3. The van der Waals surface area contributed by atoms with Crippen molar-refractivity contribution in [2.24, 2.45) is 0 Å². The fourth-order valence-corrected chi connectivity index (χ4v) is 5.36. The Labute approximate surface area is 208 Å². The standard InChI is InChI=1S/C24H22Cl2N2O5S/c1-33-24(30)19-9-5-6-10-21(19)27-23(29)16-28(14-13-17-7-3-2-4-8-17)34(31,32)22-15-18(25)11-12-20(22)26/h2-12,15H,13-14,16H2,1H3,(H,27,29). The average Bonchev–Trinajstić information content (AvgIpc) is 2.83. The van der Waals surface area contributed by atoms with E-state index in [0.717, 1.165) is 9.87 Å². The molecule has 10 heteroatoms. The van der Waals surface area contributed by atoms with Gasteiger partial charge in [-0.1, -0.05) is 65.7 Å². The molecule has 0 heterocycles. The highest BCUT2D eigenvalue weighted by Gasteiger charge is 2.29. The molecule has 0 spiro atoms. The number of ether oxygens (including phenoxy) is 1. The van der Waals surface area contributed by atoms with Crippen LogP contribution in [0.4, 0.5) is 5.69 Å². The summed E-state index contributed by atoms with van der Waals surface area (Å²) in [6, 6.07) is 19.7. The molecule has 3 aromatic rings. The van der Waals surface area contributed by atoms with Gasteiger partial charge in [0, 0.05) is 11.6 Å². The molecule has 0 aliphatic carbocycles.